The van der Waals surface area contributed by atoms with Crippen LogP contribution in [-0.4, -0.2) is 23.4 Å². The molecule has 0 saturated carbocycles. The topological polar surface area (TPSA) is 47.1 Å². The number of rotatable bonds is 5. The third kappa shape index (κ3) is 3.21. The summed E-state index contributed by atoms with van der Waals surface area (Å²) in [6.07, 6.45) is -5.30. The van der Waals surface area contributed by atoms with Gasteiger partial charge in [0.05, 0.1) is 5.69 Å². The van der Waals surface area contributed by atoms with Gasteiger partial charge in [-0.1, -0.05) is 0 Å². The van der Waals surface area contributed by atoms with Crippen LogP contribution >= 0.6 is 0 Å². The Labute approximate surface area is 90.7 Å². The van der Waals surface area contributed by atoms with E-state index in [-0.39, 0.29) is 5.69 Å². The van der Waals surface area contributed by atoms with Gasteiger partial charge in [-0.3, -0.25) is 5.10 Å². The first-order valence-electron chi connectivity index (χ1n) is 4.84. The first kappa shape index (κ1) is 13.0. The molecule has 0 fully saturated rings. The van der Waals surface area contributed by atoms with Gasteiger partial charge in [0.15, 0.2) is 12.0 Å². The molecule has 0 spiro atoms. The number of alkyl halides is 3. The number of H-pyrrole nitrogens is 1. The molecule has 1 aromatic rings. The zero-order valence-electron chi connectivity index (χ0n) is 8.97. The maximum atomic E-state index is 12.3. The molecule has 1 N–H and O–H groups in total. The van der Waals surface area contributed by atoms with Crippen LogP contribution in [0.3, 0.4) is 0 Å². The third-order valence-electron chi connectivity index (χ3n) is 1.78. The van der Waals surface area contributed by atoms with E-state index < -0.39 is 18.2 Å². The second kappa shape index (κ2) is 5.31. The summed E-state index contributed by atoms with van der Waals surface area (Å²) in [5.74, 6) is 0. The first-order valence-corrected chi connectivity index (χ1v) is 4.84. The van der Waals surface area contributed by atoms with E-state index in [1.54, 1.807) is 13.8 Å². The predicted octanol–water partition coefficient (Wildman–Crippen LogP) is 2.50. The summed E-state index contributed by atoms with van der Waals surface area (Å²) in [6.45, 7) is 4.14. The minimum Gasteiger partial charge on any atom is -0.347 e. The van der Waals surface area contributed by atoms with Crippen molar-refractivity contribution < 1.29 is 22.6 Å². The monoisotopic (exact) mass is 238 g/mol. The molecular formula is C9H13F3N2O2. The molecule has 1 rings (SSSR count). The van der Waals surface area contributed by atoms with Crippen molar-refractivity contribution in [2.24, 2.45) is 0 Å². The van der Waals surface area contributed by atoms with Gasteiger partial charge in [-0.05, 0) is 19.9 Å². The molecule has 0 aliphatic heterocycles. The Hall–Kier alpha value is -1.08. The molecule has 4 nitrogen and oxygen atoms in total. The third-order valence-corrected chi connectivity index (χ3v) is 1.78. The lowest BCUT2D eigenvalue weighted by Crippen LogP contribution is -2.09. The molecule has 16 heavy (non-hydrogen) atoms. The summed E-state index contributed by atoms with van der Waals surface area (Å²) in [6, 6.07) is 0.885. The van der Waals surface area contributed by atoms with E-state index in [1.165, 1.54) is 0 Å². The number of halogens is 3. The van der Waals surface area contributed by atoms with Gasteiger partial charge in [-0.2, -0.15) is 18.3 Å². The van der Waals surface area contributed by atoms with Crippen molar-refractivity contribution in [3.05, 3.63) is 17.5 Å². The van der Waals surface area contributed by atoms with Gasteiger partial charge in [0, 0.05) is 13.2 Å². The lowest BCUT2D eigenvalue weighted by Gasteiger charge is -2.14. The van der Waals surface area contributed by atoms with Crippen molar-refractivity contribution in [3.8, 4) is 0 Å². The van der Waals surface area contributed by atoms with Crippen LogP contribution in [0.4, 0.5) is 13.2 Å². The maximum Gasteiger partial charge on any atom is 0.435 e. The number of hydrogen-bond donors (Lipinski definition) is 1. The van der Waals surface area contributed by atoms with Crippen LogP contribution in [-0.2, 0) is 15.7 Å². The Bertz CT molecular complexity index is 319. The van der Waals surface area contributed by atoms with Crippen LogP contribution in [0.5, 0.6) is 0 Å². The summed E-state index contributed by atoms with van der Waals surface area (Å²) < 4.78 is 47.1. The van der Waals surface area contributed by atoms with E-state index in [9.17, 15) is 13.2 Å². The van der Waals surface area contributed by atoms with E-state index >= 15 is 0 Å². The molecule has 1 aromatic heterocycles. The van der Waals surface area contributed by atoms with Crippen LogP contribution < -0.4 is 0 Å². The van der Waals surface area contributed by atoms with Crippen LogP contribution in [0.2, 0.25) is 0 Å². The van der Waals surface area contributed by atoms with E-state index in [0.29, 0.717) is 13.2 Å². The molecule has 0 aromatic carbocycles. The van der Waals surface area contributed by atoms with E-state index in [1.807, 2.05) is 0 Å². The summed E-state index contributed by atoms with van der Waals surface area (Å²) in [7, 11) is 0. The standard InChI is InChI=1S/C9H13F3N2O2/c1-3-15-8(16-4-2)6-5-7(14-13-6)9(10,11)12/h5,8H,3-4H2,1-2H3,(H,13,14). The number of aromatic amines is 1. The Morgan fingerprint density at radius 1 is 1.31 bits per heavy atom. The van der Waals surface area contributed by atoms with Crippen molar-refractivity contribution in [3.63, 3.8) is 0 Å². The highest BCUT2D eigenvalue weighted by Crippen LogP contribution is 2.29. The Kier molecular flexibility index (Phi) is 4.31. The molecular weight excluding hydrogens is 225 g/mol. The van der Waals surface area contributed by atoms with Crippen LogP contribution in [0.1, 0.15) is 31.5 Å². The lowest BCUT2D eigenvalue weighted by molar-refractivity contribution is -0.143. The van der Waals surface area contributed by atoms with Crippen molar-refractivity contribution in [2.75, 3.05) is 13.2 Å². The second-order valence-electron chi connectivity index (χ2n) is 2.95. The van der Waals surface area contributed by atoms with Gasteiger partial charge in [0.1, 0.15) is 0 Å². The highest BCUT2D eigenvalue weighted by Gasteiger charge is 2.34. The fourth-order valence-corrected chi connectivity index (χ4v) is 1.13. The largest absolute Gasteiger partial charge is 0.435 e. The molecule has 92 valence electrons. The minimum absolute atomic E-state index is 0.163. The quantitative estimate of drug-likeness (QED) is 0.802. The summed E-state index contributed by atoms with van der Waals surface area (Å²) in [4.78, 5) is 0. The fraction of sp³-hybridized carbons (Fsp3) is 0.667. The van der Waals surface area contributed by atoms with Gasteiger partial charge in [-0.15, -0.1) is 0 Å². The molecule has 0 radical (unpaired) electrons. The number of ether oxygens (including phenoxy) is 2. The number of nitrogens with zero attached hydrogens (tertiary/aromatic N) is 1. The van der Waals surface area contributed by atoms with Crippen LogP contribution in [0, 0.1) is 0 Å². The summed E-state index contributed by atoms with van der Waals surface area (Å²) in [5.41, 5.74) is -0.817. The van der Waals surface area contributed by atoms with Crippen LogP contribution in [0.15, 0.2) is 6.07 Å². The maximum absolute atomic E-state index is 12.3. The Balaban J connectivity index is 2.81. The fourth-order valence-electron chi connectivity index (χ4n) is 1.13. The van der Waals surface area contributed by atoms with Crippen molar-refractivity contribution in [1.29, 1.82) is 0 Å². The highest BCUT2D eigenvalue weighted by atomic mass is 19.4. The second-order valence-corrected chi connectivity index (χ2v) is 2.95. The van der Waals surface area contributed by atoms with Gasteiger partial charge >= 0.3 is 6.18 Å². The SMILES string of the molecule is CCOC(OCC)c1cc(C(F)(F)F)n[nH]1. The van der Waals surface area contributed by atoms with Gasteiger partial charge in [0.2, 0.25) is 0 Å². The predicted molar refractivity (Wildman–Crippen MR) is 49.6 cm³/mol. The number of nitrogens with one attached hydrogen (secondary N) is 1. The zero-order valence-corrected chi connectivity index (χ0v) is 8.97. The van der Waals surface area contributed by atoms with E-state index in [4.69, 9.17) is 9.47 Å². The minimum atomic E-state index is -4.46. The molecule has 0 aliphatic rings. The van der Waals surface area contributed by atoms with Crippen molar-refractivity contribution >= 4 is 0 Å². The highest BCUT2D eigenvalue weighted by molar-refractivity contribution is 5.12. The van der Waals surface area contributed by atoms with Gasteiger partial charge in [0.25, 0.3) is 0 Å². The normalized spacial score (nSPS) is 12.4. The first-order chi connectivity index (χ1) is 7.49. The van der Waals surface area contributed by atoms with E-state index in [2.05, 4.69) is 10.2 Å². The molecule has 1 heterocycles. The molecule has 0 amide bonds. The summed E-state index contributed by atoms with van der Waals surface area (Å²) >= 11 is 0. The summed E-state index contributed by atoms with van der Waals surface area (Å²) in [5, 5.41) is 5.42. The van der Waals surface area contributed by atoms with Gasteiger partial charge < -0.3 is 9.47 Å². The average molecular weight is 238 g/mol. The zero-order chi connectivity index (χ0) is 12.2. The Morgan fingerprint density at radius 3 is 2.25 bits per heavy atom. The molecule has 0 bridgehead atoms. The average Bonchev–Trinajstić information content (AvgIpc) is 2.65. The van der Waals surface area contributed by atoms with Crippen molar-refractivity contribution in [1.82, 2.24) is 10.2 Å². The Morgan fingerprint density at radius 2 is 1.88 bits per heavy atom. The number of hydrogen-bond acceptors (Lipinski definition) is 3. The van der Waals surface area contributed by atoms with Gasteiger partial charge in [-0.25, -0.2) is 0 Å². The molecule has 0 saturated heterocycles. The molecule has 7 heteroatoms. The molecule has 0 aliphatic carbocycles. The lowest BCUT2D eigenvalue weighted by atomic mass is 10.3. The molecule has 0 atom stereocenters. The van der Waals surface area contributed by atoms with Crippen molar-refractivity contribution in [2.45, 2.75) is 26.3 Å². The number of aromatic nitrogens is 2. The van der Waals surface area contributed by atoms with E-state index in [0.717, 1.165) is 6.07 Å². The molecule has 0 unspecified atom stereocenters. The van der Waals surface area contributed by atoms with Crippen LogP contribution in [0.25, 0.3) is 0 Å². The smallest absolute Gasteiger partial charge is 0.347 e.